The van der Waals surface area contributed by atoms with Gasteiger partial charge in [-0.2, -0.15) is 0 Å². The highest BCUT2D eigenvalue weighted by atomic mass is 16.5. The molecular weight excluding hydrogens is 154 g/mol. The van der Waals surface area contributed by atoms with E-state index in [9.17, 15) is 0 Å². The van der Waals surface area contributed by atoms with Crippen molar-refractivity contribution >= 4 is 5.95 Å². The Morgan fingerprint density at radius 1 is 1.75 bits per heavy atom. The van der Waals surface area contributed by atoms with Crippen LogP contribution < -0.4 is 5.32 Å². The molecule has 0 aliphatic heterocycles. The smallest absolute Gasteiger partial charge is 0.200 e. The van der Waals surface area contributed by atoms with E-state index in [0.717, 1.165) is 12.4 Å². The van der Waals surface area contributed by atoms with Gasteiger partial charge in [0.25, 0.3) is 0 Å². The van der Waals surface area contributed by atoms with Crippen molar-refractivity contribution in [2.45, 2.75) is 19.4 Å². The minimum Gasteiger partial charge on any atom is -0.383 e. The number of imidazole rings is 1. The third kappa shape index (κ3) is 2.54. The lowest BCUT2D eigenvalue weighted by molar-refractivity contribution is 0.184. The van der Waals surface area contributed by atoms with Gasteiger partial charge in [0.1, 0.15) is 0 Å². The van der Waals surface area contributed by atoms with E-state index < -0.39 is 0 Å². The molecule has 0 radical (unpaired) electrons. The van der Waals surface area contributed by atoms with Crippen molar-refractivity contribution in [3.63, 3.8) is 0 Å². The molecule has 1 atom stereocenters. The first kappa shape index (κ1) is 9.06. The molecule has 12 heavy (non-hydrogen) atoms. The van der Waals surface area contributed by atoms with E-state index in [2.05, 4.69) is 22.2 Å². The molecule has 0 bridgehead atoms. The van der Waals surface area contributed by atoms with Gasteiger partial charge in [-0.15, -0.1) is 0 Å². The Labute approximate surface area is 72.3 Å². The minimum atomic E-state index is 0.334. The van der Waals surface area contributed by atoms with Gasteiger partial charge in [0.05, 0.1) is 12.6 Å². The summed E-state index contributed by atoms with van der Waals surface area (Å²) < 4.78 is 5.04. The van der Waals surface area contributed by atoms with E-state index in [1.54, 1.807) is 19.5 Å². The topological polar surface area (TPSA) is 49.9 Å². The normalized spacial score (nSPS) is 12.8. The van der Waals surface area contributed by atoms with E-state index in [1.807, 2.05) is 0 Å². The van der Waals surface area contributed by atoms with Gasteiger partial charge in [0, 0.05) is 19.5 Å². The maximum Gasteiger partial charge on any atom is 0.200 e. The van der Waals surface area contributed by atoms with Crippen molar-refractivity contribution in [3.8, 4) is 0 Å². The zero-order chi connectivity index (χ0) is 8.81. The number of hydrogen-bond donors (Lipinski definition) is 2. The zero-order valence-corrected chi connectivity index (χ0v) is 7.50. The molecule has 0 fully saturated rings. The van der Waals surface area contributed by atoms with Crippen molar-refractivity contribution < 1.29 is 4.74 Å². The largest absolute Gasteiger partial charge is 0.383 e. The highest BCUT2D eigenvalue weighted by Crippen LogP contribution is 2.01. The summed E-state index contributed by atoms with van der Waals surface area (Å²) in [6, 6.07) is 0.334. The van der Waals surface area contributed by atoms with E-state index in [4.69, 9.17) is 4.74 Å². The fourth-order valence-corrected chi connectivity index (χ4v) is 1.00. The first-order valence-corrected chi connectivity index (χ1v) is 4.11. The molecule has 1 heterocycles. The van der Waals surface area contributed by atoms with Gasteiger partial charge < -0.3 is 15.0 Å². The standard InChI is InChI=1S/C8H15N3O/c1-3-7(6-12-2)11-8-9-4-5-10-8/h4-5,7H,3,6H2,1-2H3,(H2,9,10,11). The summed E-state index contributed by atoms with van der Waals surface area (Å²) in [5.41, 5.74) is 0. The molecule has 4 heteroatoms. The number of rotatable bonds is 5. The lowest BCUT2D eigenvalue weighted by Crippen LogP contribution is -2.24. The number of nitrogens with one attached hydrogen (secondary N) is 2. The zero-order valence-electron chi connectivity index (χ0n) is 7.50. The molecule has 0 aliphatic carbocycles. The number of ether oxygens (including phenoxy) is 1. The summed E-state index contributed by atoms with van der Waals surface area (Å²) in [6.07, 6.45) is 4.54. The molecule has 1 aromatic heterocycles. The molecule has 1 rings (SSSR count). The Bertz CT molecular complexity index is 198. The maximum absolute atomic E-state index is 5.04. The average Bonchev–Trinajstić information content (AvgIpc) is 2.56. The molecule has 1 aromatic rings. The van der Waals surface area contributed by atoms with Crippen LogP contribution in [0.4, 0.5) is 5.95 Å². The maximum atomic E-state index is 5.04. The van der Waals surface area contributed by atoms with Crippen LogP contribution in [-0.2, 0) is 4.74 Å². The highest BCUT2D eigenvalue weighted by molar-refractivity contribution is 5.24. The van der Waals surface area contributed by atoms with Gasteiger partial charge in [-0.25, -0.2) is 4.98 Å². The molecule has 1 unspecified atom stereocenters. The van der Waals surface area contributed by atoms with E-state index in [0.29, 0.717) is 12.6 Å². The predicted molar refractivity (Wildman–Crippen MR) is 48.2 cm³/mol. The van der Waals surface area contributed by atoms with Gasteiger partial charge >= 0.3 is 0 Å². The Balaban J connectivity index is 2.37. The summed E-state index contributed by atoms with van der Waals surface area (Å²) in [7, 11) is 1.70. The quantitative estimate of drug-likeness (QED) is 0.697. The molecule has 0 amide bonds. The van der Waals surface area contributed by atoms with Crippen molar-refractivity contribution in [2.75, 3.05) is 19.0 Å². The molecule has 0 saturated heterocycles. The second-order valence-corrected chi connectivity index (χ2v) is 2.64. The van der Waals surface area contributed by atoms with Crippen LogP contribution in [0.5, 0.6) is 0 Å². The molecule has 0 aliphatic rings. The lowest BCUT2D eigenvalue weighted by atomic mass is 10.2. The number of methoxy groups -OCH3 is 1. The Hall–Kier alpha value is -1.03. The number of nitrogens with zero attached hydrogens (tertiary/aromatic N) is 1. The van der Waals surface area contributed by atoms with Crippen molar-refractivity contribution in [3.05, 3.63) is 12.4 Å². The number of aromatic nitrogens is 2. The van der Waals surface area contributed by atoms with Gasteiger partial charge in [0.15, 0.2) is 5.95 Å². The van der Waals surface area contributed by atoms with E-state index in [1.165, 1.54) is 0 Å². The van der Waals surface area contributed by atoms with Crippen molar-refractivity contribution in [1.82, 2.24) is 9.97 Å². The summed E-state index contributed by atoms with van der Waals surface area (Å²) in [6.45, 7) is 2.82. The molecule has 68 valence electrons. The molecule has 0 aromatic carbocycles. The second kappa shape index (κ2) is 4.77. The predicted octanol–water partition coefficient (Wildman–Crippen LogP) is 1.25. The Morgan fingerprint density at radius 2 is 2.58 bits per heavy atom. The fraction of sp³-hybridized carbons (Fsp3) is 0.625. The Kier molecular flexibility index (Phi) is 3.60. The van der Waals surface area contributed by atoms with Gasteiger partial charge in [-0.3, -0.25) is 0 Å². The highest BCUT2D eigenvalue weighted by Gasteiger charge is 2.05. The minimum absolute atomic E-state index is 0.334. The van der Waals surface area contributed by atoms with Crippen LogP contribution in [0.25, 0.3) is 0 Å². The fourth-order valence-electron chi connectivity index (χ4n) is 1.00. The number of hydrogen-bond acceptors (Lipinski definition) is 3. The molecule has 0 saturated carbocycles. The summed E-state index contributed by atoms with van der Waals surface area (Å²) in [4.78, 5) is 7.05. The van der Waals surface area contributed by atoms with Gasteiger partial charge in [-0.1, -0.05) is 6.92 Å². The molecule has 0 spiro atoms. The Morgan fingerprint density at radius 3 is 3.08 bits per heavy atom. The van der Waals surface area contributed by atoms with Crippen LogP contribution >= 0.6 is 0 Å². The van der Waals surface area contributed by atoms with Gasteiger partial charge in [-0.05, 0) is 6.42 Å². The molecular formula is C8H15N3O. The van der Waals surface area contributed by atoms with Crippen LogP contribution in [0.1, 0.15) is 13.3 Å². The lowest BCUT2D eigenvalue weighted by Gasteiger charge is -2.14. The summed E-state index contributed by atoms with van der Waals surface area (Å²) in [5.74, 6) is 0.805. The first-order chi connectivity index (χ1) is 5.86. The SMILES string of the molecule is CCC(COC)Nc1ncc[nH]1. The van der Waals surface area contributed by atoms with Crippen LogP contribution in [0.15, 0.2) is 12.4 Å². The number of H-pyrrole nitrogens is 1. The summed E-state index contributed by atoms with van der Waals surface area (Å²) >= 11 is 0. The van der Waals surface area contributed by atoms with Crippen LogP contribution in [0.3, 0.4) is 0 Å². The van der Waals surface area contributed by atoms with Gasteiger partial charge in [0.2, 0.25) is 0 Å². The number of aromatic amines is 1. The van der Waals surface area contributed by atoms with E-state index >= 15 is 0 Å². The number of anilines is 1. The molecule has 2 N–H and O–H groups in total. The first-order valence-electron chi connectivity index (χ1n) is 4.11. The van der Waals surface area contributed by atoms with Crippen molar-refractivity contribution in [2.24, 2.45) is 0 Å². The van der Waals surface area contributed by atoms with Crippen LogP contribution in [0, 0.1) is 0 Å². The monoisotopic (exact) mass is 169 g/mol. The second-order valence-electron chi connectivity index (χ2n) is 2.64. The third-order valence-corrected chi connectivity index (χ3v) is 1.70. The molecule has 4 nitrogen and oxygen atoms in total. The average molecular weight is 169 g/mol. The van der Waals surface area contributed by atoms with Crippen molar-refractivity contribution in [1.29, 1.82) is 0 Å². The van der Waals surface area contributed by atoms with E-state index in [-0.39, 0.29) is 0 Å². The third-order valence-electron chi connectivity index (χ3n) is 1.70. The van der Waals surface area contributed by atoms with Crippen LogP contribution in [-0.4, -0.2) is 29.7 Å². The van der Waals surface area contributed by atoms with Crippen LogP contribution in [0.2, 0.25) is 0 Å². The summed E-state index contributed by atoms with van der Waals surface area (Å²) in [5, 5.41) is 3.22.